The lowest BCUT2D eigenvalue weighted by atomic mass is 9.86. The second kappa shape index (κ2) is 6.78. The van der Waals surface area contributed by atoms with Crippen LogP contribution in [0.1, 0.15) is 23.5 Å². The van der Waals surface area contributed by atoms with Crippen LogP contribution in [0.2, 0.25) is 0 Å². The van der Waals surface area contributed by atoms with Crippen LogP contribution in [-0.2, 0) is 4.79 Å². The highest BCUT2D eigenvalue weighted by Gasteiger charge is 2.34. The van der Waals surface area contributed by atoms with Crippen LogP contribution in [0.5, 0.6) is 28.7 Å². The van der Waals surface area contributed by atoms with Crippen molar-refractivity contribution in [2.24, 2.45) is 0 Å². The number of carbonyl (C=O) groups excluding carboxylic acids is 1. The van der Waals surface area contributed by atoms with Gasteiger partial charge in [0.2, 0.25) is 11.2 Å². The van der Waals surface area contributed by atoms with Crippen molar-refractivity contribution in [3.05, 3.63) is 62.4 Å². The molecule has 5 rings (SSSR count). The standard InChI is InChI=1S/C22H14O8S/c23-12-2-1-9(5-13(12)24)21-20(28)19(27)18-14(25)7-15-17(22(18)30-21)11(6-16(26)29-15)10-3-4-31-8-10/h1-5,7-8,11,23-25,28H,6H2/t11-/m0/s1. The summed E-state index contributed by atoms with van der Waals surface area (Å²) in [5.41, 5.74) is 0.416. The molecule has 0 amide bonds. The van der Waals surface area contributed by atoms with Crippen molar-refractivity contribution in [1.82, 2.24) is 0 Å². The third-order valence-corrected chi connectivity index (χ3v) is 5.95. The van der Waals surface area contributed by atoms with Gasteiger partial charge < -0.3 is 29.6 Å². The zero-order chi connectivity index (χ0) is 21.9. The highest BCUT2D eigenvalue weighted by atomic mass is 32.1. The van der Waals surface area contributed by atoms with E-state index in [1.54, 1.807) is 0 Å². The van der Waals surface area contributed by atoms with E-state index in [-0.39, 0.29) is 40.2 Å². The normalized spacial score (nSPS) is 15.6. The van der Waals surface area contributed by atoms with Crippen LogP contribution in [0.3, 0.4) is 0 Å². The molecule has 0 unspecified atom stereocenters. The van der Waals surface area contributed by atoms with Gasteiger partial charge in [-0.3, -0.25) is 9.59 Å². The average molecular weight is 438 g/mol. The highest BCUT2D eigenvalue weighted by Crippen LogP contribution is 2.47. The van der Waals surface area contributed by atoms with Crippen molar-refractivity contribution < 1.29 is 34.4 Å². The van der Waals surface area contributed by atoms with Crippen LogP contribution >= 0.6 is 11.3 Å². The lowest BCUT2D eigenvalue weighted by molar-refractivity contribution is -0.135. The predicted octanol–water partition coefficient (Wildman–Crippen LogP) is 3.78. The van der Waals surface area contributed by atoms with Crippen LogP contribution in [0, 0.1) is 0 Å². The molecule has 0 aliphatic carbocycles. The zero-order valence-corrected chi connectivity index (χ0v) is 16.5. The molecule has 3 heterocycles. The Bertz CT molecular complexity index is 1420. The minimum absolute atomic E-state index is 0.00350. The molecule has 0 spiro atoms. The number of ether oxygens (including phenoxy) is 1. The van der Waals surface area contributed by atoms with Crippen LogP contribution < -0.4 is 10.2 Å². The van der Waals surface area contributed by atoms with Crippen molar-refractivity contribution in [3.63, 3.8) is 0 Å². The first-order valence-electron chi connectivity index (χ1n) is 9.16. The summed E-state index contributed by atoms with van der Waals surface area (Å²) in [5, 5.41) is 43.8. The average Bonchev–Trinajstić information content (AvgIpc) is 3.26. The third-order valence-electron chi connectivity index (χ3n) is 5.25. The van der Waals surface area contributed by atoms with Gasteiger partial charge in [0.1, 0.15) is 22.5 Å². The number of hydrogen-bond acceptors (Lipinski definition) is 9. The summed E-state index contributed by atoms with van der Waals surface area (Å²) in [7, 11) is 0. The van der Waals surface area contributed by atoms with Crippen LogP contribution in [0.4, 0.5) is 0 Å². The van der Waals surface area contributed by atoms with Gasteiger partial charge in [-0.1, -0.05) is 0 Å². The van der Waals surface area contributed by atoms with Crippen molar-refractivity contribution in [2.45, 2.75) is 12.3 Å². The zero-order valence-electron chi connectivity index (χ0n) is 15.7. The van der Waals surface area contributed by atoms with Crippen molar-refractivity contribution >= 4 is 28.3 Å². The van der Waals surface area contributed by atoms with Crippen LogP contribution in [0.15, 0.2) is 50.3 Å². The maximum atomic E-state index is 13.0. The minimum Gasteiger partial charge on any atom is -0.507 e. The number of fused-ring (bicyclic) bond motifs is 3. The number of phenols is 3. The fourth-order valence-electron chi connectivity index (χ4n) is 3.80. The van der Waals surface area contributed by atoms with E-state index in [9.17, 15) is 30.0 Å². The molecule has 0 fully saturated rings. The molecule has 9 heteroatoms. The Labute approximate surface area is 177 Å². The molecule has 156 valence electrons. The Morgan fingerprint density at radius 1 is 0.968 bits per heavy atom. The first-order chi connectivity index (χ1) is 14.8. The van der Waals surface area contributed by atoms with Gasteiger partial charge >= 0.3 is 5.97 Å². The second-order valence-electron chi connectivity index (χ2n) is 7.11. The third kappa shape index (κ3) is 2.89. The van der Waals surface area contributed by atoms with Gasteiger partial charge in [-0.05, 0) is 40.6 Å². The van der Waals surface area contributed by atoms with E-state index in [0.717, 1.165) is 17.7 Å². The monoisotopic (exact) mass is 438 g/mol. The largest absolute Gasteiger partial charge is 0.507 e. The molecule has 2 aromatic heterocycles. The van der Waals surface area contributed by atoms with E-state index in [4.69, 9.17) is 9.15 Å². The van der Waals surface area contributed by atoms with Gasteiger partial charge in [0, 0.05) is 23.1 Å². The SMILES string of the molecule is O=C1C[C@@H](c2ccsc2)c2c(cc(O)c3c(=O)c(O)c(-c4ccc(O)c(O)c4)oc23)O1. The quantitative estimate of drug-likeness (QED) is 0.211. The molecule has 1 atom stereocenters. The summed E-state index contributed by atoms with van der Waals surface area (Å²) in [6, 6.07) is 6.67. The number of phenolic OH excluding ortho intramolecular Hbond substituents is 3. The summed E-state index contributed by atoms with van der Waals surface area (Å²) in [5.74, 6) is -3.31. The highest BCUT2D eigenvalue weighted by molar-refractivity contribution is 7.08. The van der Waals surface area contributed by atoms with Gasteiger partial charge in [-0.15, -0.1) is 0 Å². The van der Waals surface area contributed by atoms with E-state index >= 15 is 0 Å². The van der Waals surface area contributed by atoms with E-state index in [1.165, 1.54) is 23.5 Å². The maximum absolute atomic E-state index is 13.0. The van der Waals surface area contributed by atoms with Gasteiger partial charge in [0.05, 0.1) is 6.42 Å². The number of esters is 1. The lowest BCUT2D eigenvalue weighted by Crippen LogP contribution is -2.21. The number of hydrogen-bond donors (Lipinski definition) is 4. The Kier molecular flexibility index (Phi) is 4.16. The smallest absolute Gasteiger partial charge is 0.312 e. The molecule has 0 bridgehead atoms. The number of rotatable bonds is 2. The summed E-state index contributed by atoms with van der Waals surface area (Å²) in [4.78, 5) is 25.1. The predicted molar refractivity (Wildman–Crippen MR) is 111 cm³/mol. The first-order valence-corrected chi connectivity index (χ1v) is 10.1. The number of thiophene rings is 1. The van der Waals surface area contributed by atoms with Gasteiger partial charge in [-0.25, -0.2) is 0 Å². The lowest BCUT2D eigenvalue weighted by Gasteiger charge is -2.25. The van der Waals surface area contributed by atoms with Crippen LogP contribution in [-0.4, -0.2) is 26.4 Å². The van der Waals surface area contributed by atoms with E-state index in [2.05, 4.69) is 0 Å². The molecule has 4 aromatic rings. The molecule has 31 heavy (non-hydrogen) atoms. The molecule has 0 saturated carbocycles. The number of aromatic hydroxyl groups is 4. The molecular formula is C22H14O8S. The Balaban J connectivity index is 1.87. The molecule has 1 aliphatic rings. The summed E-state index contributed by atoms with van der Waals surface area (Å²) in [6.07, 6.45) is 0.00350. The molecular weight excluding hydrogens is 424 g/mol. The molecule has 4 N–H and O–H groups in total. The maximum Gasteiger partial charge on any atom is 0.312 e. The van der Waals surface area contributed by atoms with E-state index in [1.807, 2.05) is 16.8 Å². The van der Waals surface area contributed by atoms with Gasteiger partial charge in [-0.2, -0.15) is 11.3 Å². The Morgan fingerprint density at radius 3 is 2.48 bits per heavy atom. The van der Waals surface area contributed by atoms with Crippen LogP contribution in [0.25, 0.3) is 22.3 Å². The van der Waals surface area contributed by atoms with Crippen molar-refractivity contribution in [2.75, 3.05) is 0 Å². The van der Waals surface area contributed by atoms with Crippen molar-refractivity contribution in [1.29, 1.82) is 0 Å². The Morgan fingerprint density at radius 2 is 1.77 bits per heavy atom. The summed E-state index contributed by atoms with van der Waals surface area (Å²) in [6.45, 7) is 0. The molecule has 0 saturated heterocycles. The summed E-state index contributed by atoms with van der Waals surface area (Å²) >= 11 is 1.44. The fourth-order valence-corrected chi connectivity index (χ4v) is 4.51. The summed E-state index contributed by atoms with van der Waals surface area (Å²) < 4.78 is 11.2. The first kappa shape index (κ1) is 19.0. The van der Waals surface area contributed by atoms with E-state index in [0.29, 0.717) is 5.56 Å². The van der Waals surface area contributed by atoms with Gasteiger partial charge in [0.15, 0.2) is 17.3 Å². The minimum atomic E-state index is -0.884. The molecule has 2 aromatic carbocycles. The van der Waals surface area contributed by atoms with Crippen molar-refractivity contribution in [3.8, 4) is 40.1 Å². The van der Waals surface area contributed by atoms with Gasteiger partial charge in [0.25, 0.3) is 0 Å². The molecule has 1 aliphatic heterocycles. The Hall–Kier alpha value is -3.98. The second-order valence-corrected chi connectivity index (χ2v) is 7.89. The topological polar surface area (TPSA) is 137 Å². The molecule has 0 radical (unpaired) electrons. The fraction of sp³-hybridized carbons (Fsp3) is 0.0909. The number of carbonyl (C=O) groups is 1. The molecule has 8 nitrogen and oxygen atoms in total. The van der Waals surface area contributed by atoms with E-state index < -0.39 is 34.6 Å². The number of benzene rings is 2.